The molecule has 0 aromatic heterocycles. The highest BCUT2D eigenvalue weighted by Crippen LogP contribution is 2.52. The Hall–Kier alpha value is -7.85. The largest absolute Gasteiger partial charge is 0.490 e. The van der Waals surface area contributed by atoms with E-state index in [1.54, 1.807) is 12.1 Å². The molecular weight excluding hydrogens is 1450 g/mol. The maximum atomic E-state index is 12.9. The van der Waals surface area contributed by atoms with E-state index in [0.29, 0.717) is 48.9 Å². The molecule has 0 saturated heterocycles. The van der Waals surface area contributed by atoms with Gasteiger partial charge >= 0.3 is 11.9 Å². The first kappa shape index (κ1) is 80.2. The Kier molecular flexibility index (Phi) is 23.8. The molecular formula is C92H110Cl2N4O10Si2. The van der Waals surface area contributed by atoms with Crippen molar-refractivity contribution < 1.29 is 47.6 Å². The van der Waals surface area contributed by atoms with Crippen molar-refractivity contribution in [1.82, 2.24) is 0 Å². The van der Waals surface area contributed by atoms with Crippen LogP contribution in [0.25, 0.3) is 0 Å². The SMILES string of the molecule is C=C[C@H](O[Si](c1ccccc1)(c1ccccc1)C(C)(C)C)[C@@H]1CC[C@H]1CN1C[C@@]2(CCCc3cc(Cl)ccc32)COc2ccc([C@@](O)(CN)C(=O)OC)cc21.C=C[C@H](O[Si](c1ccccc1)(c1ccccc1)C(C)(C)C)[C@@H]1CC[C@H]1CN1C[C@@]2(CCCc3cc(Cl)ccc32)COc2ccc([C@](O)(CN)C(=O)OC)cc21. The normalized spacial score (nSPS) is 22.6. The minimum Gasteiger partial charge on any atom is -0.490 e. The van der Waals surface area contributed by atoms with Gasteiger partial charge in [-0.2, -0.15) is 0 Å². The van der Waals surface area contributed by atoms with Crippen molar-refractivity contribution in [3.8, 4) is 11.5 Å². The van der Waals surface area contributed by atoms with Crippen LogP contribution in [0.5, 0.6) is 11.5 Å². The van der Waals surface area contributed by atoms with Crippen molar-refractivity contribution in [3.63, 3.8) is 0 Å². The molecule has 4 aliphatic carbocycles. The van der Waals surface area contributed by atoms with Gasteiger partial charge in [-0.15, -0.1) is 13.2 Å². The summed E-state index contributed by atoms with van der Waals surface area (Å²) in [5.74, 6) is 0.887. The number of fused-ring (bicyclic) bond motifs is 6. The maximum Gasteiger partial charge on any atom is 0.343 e. The Labute approximate surface area is 663 Å². The third-order valence-corrected chi connectivity index (χ3v) is 35.8. The zero-order chi connectivity index (χ0) is 78.0. The second kappa shape index (κ2) is 32.7. The van der Waals surface area contributed by atoms with Gasteiger partial charge in [0.2, 0.25) is 0 Å². The highest BCUT2D eigenvalue weighted by atomic mass is 35.5. The van der Waals surface area contributed by atoms with Crippen LogP contribution in [0.1, 0.15) is 126 Å². The number of aliphatic hydroxyl groups is 2. The number of carbonyl (C=O) groups is 2. The summed E-state index contributed by atoms with van der Waals surface area (Å²) >= 11 is 13.1. The van der Waals surface area contributed by atoms with E-state index in [1.165, 1.54) is 57.2 Å². The van der Waals surface area contributed by atoms with Gasteiger partial charge in [0, 0.05) is 60.1 Å². The van der Waals surface area contributed by atoms with Crippen molar-refractivity contribution in [2.24, 2.45) is 35.1 Å². The highest BCUT2D eigenvalue weighted by Gasteiger charge is 2.56. The van der Waals surface area contributed by atoms with Gasteiger partial charge in [-0.25, -0.2) is 9.59 Å². The summed E-state index contributed by atoms with van der Waals surface area (Å²) in [7, 11) is -3.17. The number of hydrogen-bond acceptors (Lipinski definition) is 14. The lowest BCUT2D eigenvalue weighted by atomic mass is 9.68. The molecule has 2 spiro atoms. The minimum atomic E-state index is -2.85. The molecule has 6 N–H and O–H groups in total. The third kappa shape index (κ3) is 15.0. The quantitative estimate of drug-likeness (QED) is 0.0285. The molecule has 0 amide bonds. The fourth-order valence-corrected chi connectivity index (χ4v) is 29.0. The number of carbonyl (C=O) groups excluding carboxylic acids is 2. The van der Waals surface area contributed by atoms with Crippen molar-refractivity contribution in [2.45, 2.75) is 150 Å². The number of methoxy groups -OCH3 is 2. The van der Waals surface area contributed by atoms with Gasteiger partial charge in [0.15, 0.2) is 11.2 Å². The number of nitrogens with zero attached hydrogens (tertiary/aromatic N) is 2. The lowest BCUT2D eigenvalue weighted by Crippen LogP contribution is -2.68. The van der Waals surface area contributed by atoms with Crippen LogP contribution >= 0.6 is 23.2 Å². The fraction of sp³-hybridized carbons (Fsp3) is 0.413. The Morgan fingerprint density at radius 3 is 1.16 bits per heavy atom. The number of aryl methyl sites for hydroxylation is 2. The van der Waals surface area contributed by atoms with Gasteiger partial charge in [-0.1, -0.05) is 222 Å². The van der Waals surface area contributed by atoms with E-state index in [4.69, 9.17) is 62.5 Å². The zero-order valence-electron chi connectivity index (χ0n) is 65.2. The smallest absolute Gasteiger partial charge is 0.343 e. The van der Waals surface area contributed by atoms with E-state index < -0.39 is 39.8 Å². The number of anilines is 2. The molecule has 10 atom stereocenters. The van der Waals surface area contributed by atoms with Crippen LogP contribution in [0.2, 0.25) is 20.1 Å². The first-order chi connectivity index (χ1) is 52.8. The highest BCUT2D eigenvalue weighted by molar-refractivity contribution is 7.00. The number of esters is 2. The Morgan fingerprint density at radius 1 is 0.527 bits per heavy atom. The van der Waals surface area contributed by atoms with E-state index in [9.17, 15) is 19.8 Å². The van der Waals surface area contributed by atoms with Crippen molar-refractivity contribution in [1.29, 1.82) is 0 Å². The van der Waals surface area contributed by atoms with E-state index in [2.05, 4.69) is 210 Å². The number of hydrogen-bond donors (Lipinski definition) is 4. The fourth-order valence-electron chi connectivity index (χ4n) is 19.2. The molecule has 2 saturated carbocycles. The summed E-state index contributed by atoms with van der Waals surface area (Å²) in [4.78, 5) is 30.7. The van der Waals surface area contributed by atoms with Crippen LogP contribution < -0.4 is 51.5 Å². The molecule has 2 aliphatic heterocycles. The van der Waals surface area contributed by atoms with Crippen LogP contribution in [-0.2, 0) is 62.8 Å². The van der Waals surface area contributed by atoms with Gasteiger partial charge in [0.1, 0.15) is 11.5 Å². The summed E-state index contributed by atoms with van der Waals surface area (Å²) < 4.78 is 38.9. The van der Waals surface area contributed by atoms with Crippen LogP contribution in [-0.4, -0.2) is 118 Å². The van der Waals surface area contributed by atoms with Gasteiger partial charge < -0.3 is 59.3 Å². The van der Waals surface area contributed by atoms with Crippen molar-refractivity contribution in [2.75, 3.05) is 76.5 Å². The topological polar surface area (TPSA) is 188 Å². The molecule has 0 radical (unpaired) electrons. The monoisotopic (exact) mass is 1560 g/mol. The van der Waals surface area contributed by atoms with Crippen molar-refractivity contribution in [3.05, 3.63) is 263 Å². The zero-order valence-corrected chi connectivity index (χ0v) is 68.7. The Balaban J connectivity index is 0.000000193. The molecule has 8 aromatic carbocycles. The molecule has 18 heteroatoms. The number of nitrogens with two attached hydrogens (primary N) is 2. The lowest BCUT2D eigenvalue weighted by molar-refractivity contribution is -0.163. The van der Waals surface area contributed by atoms with Crippen LogP contribution in [0.4, 0.5) is 11.4 Å². The van der Waals surface area contributed by atoms with E-state index in [1.807, 2.05) is 48.6 Å². The van der Waals surface area contributed by atoms with Gasteiger partial charge in [-0.05, 0) is 201 Å². The van der Waals surface area contributed by atoms with E-state index >= 15 is 0 Å². The van der Waals surface area contributed by atoms with Crippen LogP contribution in [0.15, 0.2) is 219 Å². The summed E-state index contributed by atoms with van der Waals surface area (Å²) in [5.41, 5.74) is 15.1. The number of rotatable bonds is 22. The Bertz CT molecular complexity index is 4220. The second-order valence-corrected chi connectivity index (χ2v) is 43.0. The van der Waals surface area contributed by atoms with Crippen LogP contribution in [0, 0.1) is 23.7 Å². The standard InChI is InChI=1S/2C46H55ClN2O5Si/c2*1-6-41(54-55(44(2,3)4,36-15-9-7-10-16-36)37-17-11-8-12-18-37)38-22-19-33(38)28-49-30-45(25-13-14-32-26-35(47)21-23-39(32)45)31-53-42-24-20-34(27-40(42)49)46(51,29-48)43(50)52-5/h2*6-12,15-18,20-21,23-24,26-27,33,38,41,51H,1,13-14,19,22,25,28-31,48H2,2-5H3/t33-,38+,41-,45-,46+;33-,38+,41-,45-,46-/m00/s1. The van der Waals surface area contributed by atoms with Crippen molar-refractivity contribution >= 4 is 83.9 Å². The molecule has 14 rings (SSSR count). The number of halogens is 2. The predicted molar refractivity (Wildman–Crippen MR) is 448 cm³/mol. The molecule has 2 fully saturated rings. The maximum absolute atomic E-state index is 12.9. The minimum absolute atomic E-state index is 0.170. The summed E-state index contributed by atoms with van der Waals surface area (Å²) in [6.07, 6.45) is 13.8. The molecule has 0 unspecified atom stereocenters. The average molecular weight is 1560 g/mol. The molecule has 6 aliphatic rings. The average Bonchev–Trinajstić information content (AvgIpc) is 0.921. The molecule has 14 nitrogen and oxygen atoms in total. The van der Waals surface area contributed by atoms with E-state index in [0.717, 1.165) is 98.7 Å². The molecule has 2 heterocycles. The number of ether oxygens (including phenoxy) is 4. The summed E-state index contributed by atoms with van der Waals surface area (Å²) in [5, 5.41) is 29.3. The molecule has 580 valence electrons. The third-order valence-electron chi connectivity index (χ3n) is 25.3. The molecule has 110 heavy (non-hydrogen) atoms. The second-order valence-electron chi connectivity index (χ2n) is 33.7. The molecule has 0 bridgehead atoms. The number of benzene rings is 8. The molecule has 8 aromatic rings. The van der Waals surface area contributed by atoms with Gasteiger partial charge in [-0.3, -0.25) is 0 Å². The Morgan fingerprint density at radius 2 is 0.873 bits per heavy atom. The predicted octanol–water partition coefficient (Wildman–Crippen LogP) is 14.6. The summed E-state index contributed by atoms with van der Waals surface area (Å²) in [6, 6.07) is 66.6. The van der Waals surface area contributed by atoms with E-state index in [-0.39, 0.29) is 69.9 Å². The first-order valence-corrected chi connectivity index (χ1v) is 43.8. The van der Waals surface area contributed by atoms with Crippen LogP contribution in [0.3, 0.4) is 0 Å². The van der Waals surface area contributed by atoms with Gasteiger partial charge in [0.25, 0.3) is 16.6 Å². The first-order valence-electron chi connectivity index (χ1n) is 39.2. The lowest BCUT2D eigenvalue weighted by Gasteiger charge is -2.50. The summed E-state index contributed by atoms with van der Waals surface area (Å²) in [6.45, 7) is 25.9. The van der Waals surface area contributed by atoms with Gasteiger partial charge in [0.05, 0.1) is 51.0 Å².